The monoisotopic (exact) mass is 376 g/mol. The second kappa shape index (κ2) is 6.34. The Balaban J connectivity index is 1.48. The Morgan fingerprint density at radius 3 is 2.71 bits per heavy atom. The van der Waals surface area contributed by atoms with Gasteiger partial charge in [0, 0.05) is 35.0 Å². The molecule has 1 aliphatic rings. The average Bonchev–Trinajstić information content (AvgIpc) is 3.29. The standard InChI is InChI=1S/C22H17FN2O3/c1-13-16-4-2-3-5-19(16)27-20(13)22(26)25-11-10-18-17(12-25)21(28-24-18)14-6-8-15(23)9-7-14/h2-9H,10-12H2,1H3. The number of halogens is 1. The number of nitrogens with zero attached hydrogens (tertiary/aromatic N) is 2. The fourth-order valence-corrected chi connectivity index (χ4v) is 3.74. The number of benzene rings is 2. The van der Waals surface area contributed by atoms with E-state index in [1.54, 1.807) is 17.0 Å². The molecule has 0 bridgehead atoms. The van der Waals surface area contributed by atoms with Gasteiger partial charge in [0.2, 0.25) is 0 Å². The van der Waals surface area contributed by atoms with E-state index < -0.39 is 0 Å². The first-order valence-corrected chi connectivity index (χ1v) is 9.12. The lowest BCUT2D eigenvalue weighted by molar-refractivity contribution is 0.0703. The number of furan rings is 1. The molecule has 0 atom stereocenters. The third-order valence-corrected chi connectivity index (χ3v) is 5.27. The second-order valence-electron chi connectivity index (χ2n) is 6.97. The van der Waals surface area contributed by atoms with Crippen LogP contribution in [0.1, 0.15) is 27.4 Å². The lowest BCUT2D eigenvalue weighted by atomic mass is 10.0. The molecule has 0 radical (unpaired) electrons. The number of hydrogen-bond donors (Lipinski definition) is 0. The smallest absolute Gasteiger partial charge is 0.290 e. The molecule has 140 valence electrons. The molecule has 0 saturated carbocycles. The zero-order chi connectivity index (χ0) is 19.3. The summed E-state index contributed by atoms with van der Waals surface area (Å²) in [6, 6.07) is 13.7. The summed E-state index contributed by atoms with van der Waals surface area (Å²) < 4.78 is 24.6. The fourth-order valence-electron chi connectivity index (χ4n) is 3.74. The lowest BCUT2D eigenvalue weighted by Crippen LogP contribution is -2.36. The van der Waals surface area contributed by atoms with Crippen molar-refractivity contribution in [1.29, 1.82) is 0 Å². The molecule has 0 saturated heterocycles. The van der Waals surface area contributed by atoms with E-state index in [4.69, 9.17) is 8.94 Å². The third-order valence-electron chi connectivity index (χ3n) is 5.27. The van der Waals surface area contributed by atoms with Crippen LogP contribution in [-0.4, -0.2) is 22.5 Å². The molecular weight excluding hydrogens is 359 g/mol. The highest BCUT2D eigenvalue weighted by molar-refractivity contribution is 5.99. The summed E-state index contributed by atoms with van der Waals surface area (Å²) in [5, 5.41) is 5.09. The molecule has 5 nitrogen and oxygen atoms in total. The van der Waals surface area contributed by atoms with E-state index in [0.717, 1.165) is 27.8 Å². The highest BCUT2D eigenvalue weighted by atomic mass is 19.1. The summed E-state index contributed by atoms with van der Waals surface area (Å²) in [5.41, 5.74) is 3.99. The zero-order valence-electron chi connectivity index (χ0n) is 15.2. The number of para-hydroxylation sites is 1. The second-order valence-corrected chi connectivity index (χ2v) is 6.97. The van der Waals surface area contributed by atoms with Crippen LogP contribution in [0.2, 0.25) is 0 Å². The molecule has 5 rings (SSSR count). The SMILES string of the molecule is Cc1c(C(=O)N2CCc3noc(-c4ccc(F)cc4)c3C2)oc2ccccc12. The third kappa shape index (κ3) is 2.60. The number of rotatable bonds is 2. The number of aromatic nitrogens is 1. The van der Waals surface area contributed by atoms with Crippen molar-refractivity contribution in [3.05, 3.63) is 76.9 Å². The fraction of sp³-hybridized carbons (Fsp3) is 0.182. The lowest BCUT2D eigenvalue weighted by Gasteiger charge is -2.25. The largest absolute Gasteiger partial charge is 0.451 e. The van der Waals surface area contributed by atoms with Crippen LogP contribution in [0.4, 0.5) is 4.39 Å². The van der Waals surface area contributed by atoms with Gasteiger partial charge in [0.25, 0.3) is 5.91 Å². The van der Waals surface area contributed by atoms with Crippen LogP contribution < -0.4 is 0 Å². The van der Waals surface area contributed by atoms with E-state index in [0.29, 0.717) is 36.6 Å². The van der Waals surface area contributed by atoms with E-state index in [1.165, 1.54) is 12.1 Å². The van der Waals surface area contributed by atoms with Crippen molar-refractivity contribution in [2.24, 2.45) is 0 Å². The Labute approximate surface area is 160 Å². The summed E-state index contributed by atoms with van der Waals surface area (Å²) in [6.45, 7) is 2.82. The van der Waals surface area contributed by atoms with Crippen LogP contribution in [-0.2, 0) is 13.0 Å². The van der Waals surface area contributed by atoms with Gasteiger partial charge in [-0.3, -0.25) is 4.79 Å². The van der Waals surface area contributed by atoms with Crippen LogP contribution in [0.25, 0.3) is 22.3 Å². The first kappa shape index (κ1) is 16.7. The molecule has 0 N–H and O–H groups in total. The zero-order valence-corrected chi connectivity index (χ0v) is 15.2. The van der Waals surface area contributed by atoms with E-state index in [9.17, 15) is 9.18 Å². The highest BCUT2D eigenvalue weighted by Gasteiger charge is 2.30. The van der Waals surface area contributed by atoms with Gasteiger partial charge >= 0.3 is 0 Å². The quantitative estimate of drug-likeness (QED) is 0.507. The molecule has 0 aliphatic carbocycles. The Morgan fingerprint density at radius 2 is 1.93 bits per heavy atom. The Hall–Kier alpha value is -3.41. The molecule has 2 aromatic heterocycles. The van der Waals surface area contributed by atoms with Gasteiger partial charge in [0.15, 0.2) is 11.5 Å². The molecule has 4 aromatic rings. The van der Waals surface area contributed by atoms with Crippen LogP contribution in [0.3, 0.4) is 0 Å². The van der Waals surface area contributed by atoms with Gasteiger partial charge in [-0.2, -0.15) is 0 Å². The number of carbonyl (C=O) groups is 1. The predicted molar refractivity (Wildman–Crippen MR) is 101 cm³/mol. The maximum absolute atomic E-state index is 13.2. The maximum Gasteiger partial charge on any atom is 0.290 e. The first-order chi connectivity index (χ1) is 13.6. The minimum absolute atomic E-state index is 0.148. The van der Waals surface area contributed by atoms with E-state index in [2.05, 4.69) is 5.16 Å². The maximum atomic E-state index is 13.2. The Bertz CT molecular complexity index is 1190. The molecule has 3 heterocycles. The van der Waals surface area contributed by atoms with Gasteiger partial charge in [-0.1, -0.05) is 23.4 Å². The molecule has 0 unspecified atom stereocenters. The summed E-state index contributed by atoms with van der Waals surface area (Å²) in [7, 11) is 0. The van der Waals surface area contributed by atoms with Gasteiger partial charge in [-0.05, 0) is 37.3 Å². The minimum Gasteiger partial charge on any atom is -0.451 e. The van der Waals surface area contributed by atoms with Crippen molar-refractivity contribution in [3.63, 3.8) is 0 Å². The number of aryl methyl sites for hydroxylation is 1. The van der Waals surface area contributed by atoms with E-state index >= 15 is 0 Å². The summed E-state index contributed by atoms with van der Waals surface area (Å²) in [6.07, 6.45) is 0.602. The molecular formula is C22H17FN2O3. The van der Waals surface area contributed by atoms with Crippen LogP contribution in [0, 0.1) is 12.7 Å². The number of carbonyl (C=O) groups excluding carboxylic acids is 1. The average molecular weight is 376 g/mol. The predicted octanol–water partition coefficient (Wildman–Crippen LogP) is 4.73. The normalized spacial score (nSPS) is 13.7. The topological polar surface area (TPSA) is 59.5 Å². The Kier molecular flexibility index (Phi) is 3.79. The van der Waals surface area contributed by atoms with Crippen molar-refractivity contribution < 1.29 is 18.1 Å². The molecule has 0 spiro atoms. The number of fused-ring (bicyclic) bond motifs is 2. The molecule has 1 aliphatic heterocycles. The molecule has 0 fully saturated rings. The minimum atomic E-state index is -0.311. The van der Waals surface area contributed by atoms with Gasteiger partial charge in [0.05, 0.1) is 12.2 Å². The Morgan fingerprint density at radius 1 is 1.14 bits per heavy atom. The van der Waals surface area contributed by atoms with Gasteiger partial charge < -0.3 is 13.8 Å². The van der Waals surface area contributed by atoms with Crippen molar-refractivity contribution in [2.75, 3.05) is 6.54 Å². The van der Waals surface area contributed by atoms with Crippen molar-refractivity contribution in [3.8, 4) is 11.3 Å². The van der Waals surface area contributed by atoms with E-state index in [-0.39, 0.29) is 11.7 Å². The number of hydrogen-bond acceptors (Lipinski definition) is 4. The van der Waals surface area contributed by atoms with E-state index in [1.807, 2.05) is 31.2 Å². The van der Waals surface area contributed by atoms with Crippen molar-refractivity contribution >= 4 is 16.9 Å². The summed E-state index contributed by atoms with van der Waals surface area (Å²) >= 11 is 0. The van der Waals surface area contributed by atoms with Gasteiger partial charge in [0.1, 0.15) is 11.4 Å². The van der Waals surface area contributed by atoms with Gasteiger partial charge in [-0.15, -0.1) is 0 Å². The van der Waals surface area contributed by atoms with Crippen molar-refractivity contribution in [2.45, 2.75) is 19.9 Å². The number of amides is 1. The van der Waals surface area contributed by atoms with Gasteiger partial charge in [-0.25, -0.2) is 4.39 Å². The molecule has 6 heteroatoms. The molecule has 28 heavy (non-hydrogen) atoms. The van der Waals surface area contributed by atoms with Crippen LogP contribution >= 0.6 is 0 Å². The molecule has 1 amide bonds. The highest BCUT2D eigenvalue weighted by Crippen LogP contribution is 2.32. The van der Waals surface area contributed by atoms with Crippen LogP contribution in [0.5, 0.6) is 0 Å². The first-order valence-electron chi connectivity index (χ1n) is 9.12. The van der Waals surface area contributed by atoms with Crippen molar-refractivity contribution in [1.82, 2.24) is 10.1 Å². The summed E-state index contributed by atoms with van der Waals surface area (Å²) in [4.78, 5) is 14.9. The van der Waals surface area contributed by atoms with Crippen LogP contribution in [0.15, 0.2) is 57.5 Å². The summed E-state index contributed by atoms with van der Waals surface area (Å²) in [5.74, 6) is 0.484. The molecule has 2 aromatic carbocycles.